The molecule has 1 aromatic heterocycles. The van der Waals surface area contributed by atoms with Crippen molar-refractivity contribution < 1.29 is 0 Å². The van der Waals surface area contributed by atoms with Crippen LogP contribution in [0.15, 0.2) is 67.0 Å². The van der Waals surface area contributed by atoms with Gasteiger partial charge in [0.25, 0.3) is 0 Å². The maximum absolute atomic E-state index is 8.98. The summed E-state index contributed by atoms with van der Waals surface area (Å²) >= 11 is 0. The Kier molecular flexibility index (Phi) is 4.68. The highest BCUT2D eigenvalue weighted by Crippen LogP contribution is 2.19. The molecule has 0 amide bonds. The van der Waals surface area contributed by atoms with Crippen molar-refractivity contribution in [3.05, 3.63) is 78.1 Å². The van der Waals surface area contributed by atoms with Crippen LogP contribution in [0.4, 0.5) is 17.3 Å². The minimum Gasteiger partial charge on any atom is -0.355 e. The molecule has 0 aliphatic carbocycles. The van der Waals surface area contributed by atoms with Gasteiger partial charge in [0, 0.05) is 25.3 Å². The molecule has 5 heteroatoms. The molecule has 1 N–H and O–H groups in total. The van der Waals surface area contributed by atoms with Crippen LogP contribution in [0.3, 0.4) is 0 Å². The first-order valence-corrected chi connectivity index (χ1v) is 7.59. The molecular weight excluding hydrogens is 298 g/mol. The molecule has 24 heavy (non-hydrogen) atoms. The standard InChI is InChI=1S/C19H17N5/c1-24(13-15-6-3-2-4-7-15)19-11-18(21-14-22-19)23-17-9-5-8-16(10-17)12-20/h2-11,14H,13H2,1H3,(H,21,22,23). The largest absolute Gasteiger partial charge is 0.355 e. The average Bonchev–Trinajstić information content (AvgIpc) is 2.63. The van der Waals surface area contributed by atoms with Crippen LogP contribution in [0.5, 0.6) is 0 Å². The van der Waals surface area contributed by atoms with Crippen LogP contribution in [0.2, 0.25) is 0 Å². The van der Waals surface area contributed by atoms with Crippen molar-refractivity contribution in [2.45, 2.75) is 6.54 Å². The SMILES string of the molecule is CN(Cc1ccccc1)c1cc(Nc2cccc(C#N)c2)ncn1. The molecule has 2 aromatic carbocycles. The smallest absolute Gasteiger partial charge is 0.135 e. The zero-order chi connectivity index (χ0) is 16.8. The first-order valence-electron chi connectivity index (χ1n) is 7.59. The summed E-state index contributed by atoms with van der Waals surface area (Å²) in [6.07, 6.45) is 1.54. The van der Waals surface area contributed by atoms with E-state index in [-0.39, 0.29) is 0 Å². The fourth-order valence-corrected chi connectivity index (χ4v) is 2.38. The van der Waals surface area contributed by atoms with E-state index in [9.17, 15) is 0 Å². The third-order valence-corrected chi connectivity index (χ3v) is 3.57. The number of hydrogen-bond donors (Lipinski definition) is 1. The molecule has 3 aromatic rings. The van der Waals surface area contributed by atoms with Crippen molar-refractivity contribution in [2.75, 3.05) is 17.3 Å². The Hall–Kier alpha value is -3.39. The van der Waals surface area contributed by atoms with Crippen LogP contribution in [-0.2, 0) is 6.54 Å². The third-order valence-electron chi connectivity index (χ3n) is 3.57. The minimum absolute atomic E-state index is 0.607. The zero-order valence-electron chi connectivity index (χ0n) is 13.3. The molecule has 0 saturated heterocycles. The lowest BCUT2D eigenvalue weighted by atomic mass is 10.2. The fourth-order valence-electron chi connectivity index (χ4n) is 2.38. The quantitative estimate of drug-likeness (QED) is 0.777. The van der Waals surface area contributed by atoms with Gasteiger partial charge >= 0.3 is 0 Å². The van der Waals surface area contributed by atoms with Gasteiger partial charge in [-0.1, -0.05) is 36.4 Å². The van der Waals surface area contributed by atoms with Gasteiger partial charge in [0.2, 0.25) is 0 Å². The number of nitriles is 1. The van der Waals surface area contributed by atoms with E-state index in [0.29, 0.717) is 11.4 Å². The van der Waals surface area contributed by atoms with Crippen LogP contribution >= 0.6 is 0 Å². The Morgan fingerprint density at radius 1 is 1.04 bits per heavy atom. The minimum atomic E-state index is 0.607. The van der Waals surface area contributed by atoms with Gasteiger partial charge in [-0.15, -0.1) is 0 Å². The zero-order valence-corrected chi connectivity index (χ0v) is 13.3. The van der Waals surface area contributed by atoms with Crippen molar-refractivity contribution in [2.24, 2.45) is 0 Å². The van der Waals surface area contributed by atoms with Crippen molar-refractivity contribution in [1.82, 2.24) is 9.97 Å². The number of nitrogens with zero attached hydrogens (tertiary/aromatic N) is 4. The molecule has 3 rings (SSSR count). The Balaban J connectivity index is 1.75. The number of rotatable bonds is 5. The van der Waals surface area contributed by atoms with Gasteiger partial charge in [-0.05, 0) is 23.8 Å². The number of anilines is 3. The molecule has 0 saturated carbocycles. The molecule has 0 aliphatic heterocycles. The first kappa shape index (κ1) is 15.5. The van der Waals surface area contributed by atoms with Crippen LogP contribution in [0.1, 0.15) is 11.1 Å². The maximum Gasteiger partial charge on any atom is 0.135 e. The molecular formula is C19H17N5. The topological polar surface area (TPSA) is 64.8 Å². The van der Waals surface area contributed by atoms with Gasteiger partial charge < -0.3 is 10.2 Å². The first-order chi connectivity index (χ1) is 11.7. The summed E-state index contributed by atoms with van der Waals surface area (Å²) in [6, 6.07) is 21.5. The van der Waals surface area contributed by atoms with E-state index in [1.165, 1.54) is 11.9 Å². The highest BCUT2D eigenvalue weighted by atomic mass is 15.2. The van der Waals surface area contributed by atoms with E-state index in [4.69, 9.17) is 5.26 Å². The predicted octanol–water partition coefficient (Wildman–Crippen LogP) is 3.73. The summed E-state index contributed by atoms with van der Waals surface area (Å²) < 4.78 is 0. The lowest BCUT2D eigenvalue weighted by molar-refractivity contribution is 0.892. The van der Waals surface area contributed by atoms with Gasteiger partial charge in [-0.2, -0.15) is 5.26 Å². The summed E-state index contributed by atoms with van der Waals surface area (Å²) in [6.45, 7) is 0.765. The molecule has 118 valence electrons. The summed E-state index contributed by atoms with van der Waals surface area (Å²) in [5, 5.41) is 12.2. The summed E-state index contributed by atoms with van der Waals surface area (Å²) in [5.41, 5.74) is 2.65. The van der Waals surface area contributed by atoms with Crippen LogP contribution in [0, 0.1) is 11.3 Å². The molecule has 0 atom stereocenters. The Bertz CT molecular complexity index is 855. The number of nitrogens with one attached hydrogen (secondary N) is 1. The van der Waals surface area contributed by atoms with Gasteiger partial charge in [0.1, 0.15) is 18.0 Å². The lowest BCUT2D eigenvalue weighted by Gasteiger charge is -2.18. The number of hydrogen-bond acceptors (Lipinski definition) is 5. The predicted molar refractivity (Wildman–Crippen MR) is 95.0 cm³/mol. The normalized spacial score (nSPS) is 10.0. The lowest BCUT2D eigenvalue weighted by Crippen LogP contribution is -2.17. The fraction of sp³-hybridized carbons (Fsp3) is 0.105. The molecule has 0 unspecified atom stereocenters. The van der Waals surface area contributed by atoms with Gasteiger partial charge in [0.15, 0.2) is 0 Å². The van der Waals surface area contributed by atoms with Crippen molar-refractivity contribution in [3.8, 4) is 6.07 Å². The van der Waals surface area contributed by atoms with Crippen molar-refractivity contribution >= 4 is 17.3 Å². The average molecular weight is 315 g/mol. The second-order valence-electron chi connectivity index (χ2n) is 5.42. The monoisotopic (exact) mass is 315 g/mol. The van der Waals surface area contributed by atoms with Gasteiger partial charge in [-0.25, -0.2) is 9.97 Å². The Morgan fingerprint density at radius 3 is 2.67 bits per heavy atom. The van der Waals surface area contributed by atoms with Gasteiger partial charge in [0.05, 0.1) is 11.6 Å². The van der Waals surface area contributed by atoms with Crippen molar-refractivity contribution in [1.29, 1.82) is 5.26 Å². The molecule has 5 nitrogen and oxygen atoms in total. The van der Waals surface area contributed by atoms with Crippen LogP contribution in [0.25, 0.3) is 0 Å². The highest BCUT2D eigenvalue weighted by molar-refractivity contribution is 5.60. The highest BCUT2D eigenvalue weighted by Gasteiger charge is 2.06. The molecule has 0 bridgehead atoms. The van der Waals surface area contributed by atoms with E-state index in [2.05, 4.69) is 38.4 Å². The maximum atomic E-state index is 8.98. The molecule has 0 spiro atoms. The second-order valence-corrected chi connectivity index (χ2v) is 5.42. The summed E-state index contributed by atoms with van der Waals surface area (Å²) in [5.74, 6) is 1.52. The van der Waals surface area contributed by atoms with E-state index >= 15 is 0 Å². The van der Waals surface area contributed by atoms with Crippen LogP contribution < -0.4 is 10.2 Å². The molecule has 1 heterocycles. The van der Waals surface area contributed by atoms with Gasteiger partial charge in [-0.3, -0.25) is 0 Å². The molecule has 0 aliphatic rings. The second kappa shape index (κ2) is 7.25. The number of aromatic nitrogens is 2. The summed E-state index contributed by atoms with van der Waals surface area (Å²) in [4.78, 5) is 10.6. The summed E-state index contributed by atoms with van der Waals surface area (Å²) in [7, 11) is 2.00. The van der Waals surface area contributed by atoms with E-state index in [1.54, 1.807) is 12.1 Å². The van der Waals surface area contributed by atoms with E-state index < -0.39 is 0 Å². The number of benzene rings is 2. The van der Waals surface area contributed by atoms with Crippen LogP contribution in [-0.4, -0.2) is 17.0 Å². The molecule has 0 fully saturated rings. The molecule has 0 radical (unpaired) electrons. The Labute approximate surface area is 141 Å². The van der Waals surface area contributed by atoms with E-state index in [0.717, 1.165) is 18.1 Å². The Morgan fingerprint density at radius 2 is 1.88 bits per heavy atom. The van der Waals surface area contributed by atoms with E-state index in [1.807, 2.05) is 43.4 Å². The third kappa shape index (κ3) is 3.87. The van der Waals surface area contributed by atoms with Crippen molar-refractivity contribution in [3.63, 3.8) is 0 Å².